The lowest BCUT2D eigenvalue weighted by atomic mass is 9.96. The number of ether oxygens (including phenoxy) is 3. The van der Waals surface area contributed by atoms with Gasteiger partial charge in [-0.3, -0.25) is 48.2 Å². The van der Waals surface area contributed by atoms with E-state index in [1.807, 2.05) is 42.5 Å². The lowest BCUT2D eigenvalue weighted by molar-refractivity contribution is -0.132. The number of morpholine rings is 1. The Balaban J connectivity index is 0.000000216. The molecule has 0 aliphatic carbocycles. The number of likely N-dealkylation sites (N-methyl/N-ethyl adjacent to an activating group) is 2. The van der Waals surface area contributed by atoms with Gasteiger partial charge in [0.15, 0.2) is 13.2 Å². The van der Waals surface area contributed by atoms with Crippen LogP contribution in [0.2, 0.25) is 0 Å². The molecule has 19 heteroatoms. The second kappa shape index (κ2) is 20.7. The highest BCUT2D eigenvalue weighted by atomic mass is 16.5. The number of likely N-dealkylation sites (tertiary alicyclic amines) is 1. The van der Waals surface area contributed by atoms with E-state index in [9.17, 15) is 38.4 Å². The minimum Gasteiger partial charge on any atom is -0.482 e. The second-order valence-corrected chi connectivity index (χ2v) is 18.3. The third-order valence-electron chi connectivity index (χ3n) is 13.8. The summed E-state index contributed by atoms with van der Waals surface area (Å²) in [4.78, 5) is 110. The van der Waals surface area contributed by atoms with Crippen molar-refractivity contribution >= 4 is 58.6 Å². The fourth-order valence-electron chi connectivity index (χ4n) is 9.55. The maximum Gasteiger partial charge on any atom is 0.271 e. The number of carbonyl (C=O) groups excluding carboxylic acids is 8. The van der Waals surface area contributed by atoms with E-state index in [0.29, 0.717) is 73.4 Å². The van der Waals surface area contributed by atoms with E-state index >= 15 is 0 Å². The Hall–Kier alpha value is -8.84. The van der Waals surface area contributed by atoms with Gasteiger partial charge in [-0.1, -0.05) is 62.7 Å². The first-order chi connectivity index (χ1) is 35.5. The molecule has 4 aromatic carbocycles. The van der Waals surface area contributed by atoms with Crippen molar-refractivity contribution in [3.63, 3.8) is 0 Å². The highest BCUT2D eigenvalue weighted by molar-refractivity contribution is 6.10. The lowest BCUT2D eigenvalue weighted by Gasteiger charge is -2.27. The minimum atomic E-state index is -0.677. The standard InChI is InChI=1S/C28H28N4O5.C27H26N4O6.2H2/c1-17(27(35)31-12-5-4-6-13-31)29-26(34)18(2)32-15-22-20(8-7-9-21(22)28(32)36)19-10-11-23-24(14-19)37-16-25(33)30(23)3;1-16(26(34)30-9-11-36-12-10-30)28-25(33)17(2)31-14-21-19(5-4-6-20(21)27(31)35)18-7-8-22-23(13-18)37-15-24(32)29(22)3;;/h7-11,14H,1-2,4-6,12-13,15-16H2,3H3,(H,29,34);4-8,13H,1-2,9-12,14-15H2,3H3,(H,28,33);2*1H. The van der Waals surface area contributed by atoms with Crippen molar-refractivity contribution in [2.75, 3.05) is 76.5 Å². The van der Waals surface area contributed by atoms with Gasteiger partial charge < -0.3 is 44.4 Å². The summed E-state index contributed by atoms with van der Waals surface area (Å²) in [5.41, 5.74) is 6.76. The molecule has 0 atom stereocenters. The zero-order valence-corrected chi connectivity index (χ0v) is 41.1. The zero-order chi connectivity index (χ0) is 52.5. The van der Waals surface area contributed by atoms with E-state index in [2.05, 4.69) is 36.9 Å². The van der Waals surface area contributed by atoms with Gasteiger partial charge in [0, 0.05) is 54.3 Å². The van der Waals surface area contributed by atoms with Gasteiger partial charge in [-0.05, 0) is 89.0 Å². The molecule has 2 saturated heterocycles. The molecule has 0 bridgehead atoms. The van der Waals surface area contributed by atoms with Crippen molar-refractivity contribution in [1.82, 2.24) is 30.2 Å². The van der Waals surface area contributed by atoms with Crippen LogP contribution in [-0.4, -0.2) is 134 Å². The van der Waals surface area contributed by atoms with Gasteiger partial charge in [-0.15, -0.1) is 0 Å². The SMILES string of the molecule is C=C(NC(=O)C(=C)N1Cc2c(cccc2-c2ccc3c(c2)OCC(=O)N3C)C1=O)C(=O)N1CCCCC1.C=C(NC(=O)C(=C)N1Cc2c(cccc2-c2ccc3c(c2)OCC(=O)N3C)C1=O)C(=O)N1CCOCC1.[HH].[HH]. The van der Waals surface area contributed by atoms with E-state index in [4.69, 9.17) is 14.2 Å². The Morgan fingerprint density at radius 1 is 0.541 bits per heavy atom. The van der Waals surface area contributed by atoms with Crippen molar-refractivity contribution in [2.24, 2.45) is 0 Å². The Morgan fingerprint density at radius 2 is 0.946 bits per heavy atom. The summed E-state index contributed by atoms with van der Waals surface area (Å²) in [5, 5.41) is 5.00. The van der Waals surface area contributed by atoms with Crippen LogP contribution in [0, 0.1) is 0 Å². The van der Waals surface area contributed by atoms with Crippen LogP contribution >= 0.6 is 0 Å². The Labute approximate surface area is 429 Å². The largest absolute Gasteiger partial charge is 0.482 e. The number of hydrogen-bond acceptors (Lipinski definition) is 11. The third kappa shape index (κ3) is 9.63. The average molecular weight is 1010 g/mol. The molecule has 2 fully saturated rings. The Bertz CT molecular complexity index is 2940. The van der Waals surface area contributed by atoms with Crippen molar-refractivity contribution in [2.45, 2.75) is 32.4 Å². The minimum absolute atomic E-state index is 0. The van der Waals surface area contributed by atoms with Gasteiger partial charge in [-0.25, -0.2) is 0 Å². The molecular weight excluding hydrogens is 949 g/mol. The van der Waals surface area contributed by atoms with E-state index in [1.165, 1.54) is 9.80 Å². The molecule has 0 saturated carbocycles. The maximum atomic E-state index is 13.2. The molecule has 0 radical (unpaired) electrons. The van der Waals surface area contributed by atoms with Crippen LogP contribution in [0.15, 0.2) is 122 Å². The van der Waals surface area contributed by atoms with Gasteiger partial charge in [-0.2, -0.15) is 0 Å². The molecule has 8 amide bonds. The fraction of sp³-hybridized carbons (Fsp3) is 0.273. The molecule has 384 valence electrons. The fourth-order valence-corrected chi connectivity index (χ4v) is 9.55. The first-order valence-corrected chi connectivity index (χ1v) is 24.0. The molecule has 74 heavy (non-hydrogen) atoms. The van der Waals surface area contributed by atoms with Gasteiger partial charge in [0.2, 0.25) is 0 Å². The molecule has 19 nitrogen and oxygen atoms in total. The molecule has 6 aliphatic heterocycles. The summed E-state index contributed by atoms with van der Waals surface area (Å²) in [6.07, 6.45) is 2.93. The van der Waals surface area contributed by atoms with Gasteiger partial charge in [0.05, 0.1) is 49.1 Å². The summed E-state index contributed by atoms with van der Waals surface area (Å²) >= 11 is 0. The average Bonchev–Trinajstić information content (AvgIpc) is 3.95. The Morgan fingerprint density at radius 3 is 1.38 bits per heavy atom. The van der Waals surface area contributed by atoms with E-state index in [0.717, 1.165) is 52.6 Å². The van der Waals surface area contributed by atoms with Crippen molar-refractivity contribution in [1.29, 1.82) is 0 Å². The van der Waals surface area contributed by atoms with Gasteiger partial charge >= 0.3 is 0 Å². The number of amides is 8. The zero-order valence-electron chi connectivity index (χ0n) is 41.1. The lowest BCUT2D eigenvalue weighted by Crippen LogP contribution is -2.45. The van der Waals surface area contributed by atoms with Crippen LogP contribution in [0.25, 0.3) is 22.3 Å². The number of benzene rings is 4. The predicted octanol–water partition coefficient (Wildman–Crippen LogP) is 4.98. The molecule has 6 heterocycles. The van der Waals surface area contributed by atoms with Crippen LogP contribution in [0.1, 0.15) is 54.0 Å². The topological polar surface area (TPSA) is 208 Å². The number of piperidine rings is 1. The van der Waals surface area contributed by atoms with E-state index in [1.54, 1.807) is 64.0 Å². The molecule has 0 aromatic heterocycles. The summed E-state index contributed by atoms with van der Waals surface area (Å²) in [7, 11) is 3.39. The number of fused-ring (bicyclic) bond motifs is 4. The van der Waals surface area contributed by atoms with Gasteiger partial charge in [0.25, 0.3) is 47.3 Å². The van der Waals surface area contributed by atoms with Crippen LogP contribution in [0.5, 0.6) is 11.5 Å². The molecule has 6 aliphatic rings. The summed E-state index contributed by atoms with van der Waals surface area (Å²) in [6, 6.07) is 21.8. The summed E-state index contributed by atoms with van der Waals surface area (Å²) in [6.45, 7) is 18.2. The Kier molecular flexibility index (Phi) is 14.0. The number of nitrogens with one attached hydrogen (secondary N) is 2. The van der Waals surface area contributed by atoms with Crippen LogP contribution in [0.3, 0.4) is 0 Å². The predicted molar refractivity (Wildman–Crippen MR) is 276 cm³/mol. The quantitative estimate of drug-likeness (QED) is 0.203. The normalized spacial score (nSPS) is 16.6. The van der Waals surface area contributed by atoms with Crippen LogP contribution in [0.4, 0.5) is 11.4 Å². The smallest absolute Gasteiger partial charge is 0.271 e. The third-order valence-corrected chi connectivity index (χ3v) is 13.8. The highest BCUT2D eigenvalue weighted by Gasteiger charge is 2.37. The van der Waals surface area contributed by atoms with Crippen molar-refractivity contribution < 1.29 is 55.4 Å². The highest BCUT2D eigenvalue weighted by Crippen LogP contribution is 2.41. The number of rotatable bonds is 10. The number of anilines is 2. The van der Waals surface area contributed by atoms with Gasteiger partial charge in [0.1, 0.15) is 22.9 Å². The monoisotopic (exact) mass is 1010 g/mol. The summed E-state index contributed by atoms with van der Waals surface area (Å²) < 4.78 is 16.5. The molecule has 2 N–H and O–H groups in total. The maximum absolute atomic E-state index is 13.2. The van der Waals surface area contributed by atoms with Crippen molar-refractivity contribution in [3.05, 3.63) is 144 Å². The van der Waals surface area contributed by atoms with Crippen LogP contribution < -0.4 is 29.9 Å². The van der Waals surface area contributed by atoms with E-state index in [-0.39, 0.29) is 81.5 Å². The molecule has 0 unspecified atom stereocenters. The van der Waals surface area contributed by atoms with Crippen molar-refractivity contribution in [3.8, 4) is 33.8 Å². The first-order valence-electron chi connectivity index (χ1n) is 24.0. The number of carbonyl (C=O) groups is 8. The molecule has 10 rings (SSSR count). The molecular formula is C55H58N8O11. The molecule has 0 spiro atoms. The van der Waals surface area contributed by atoms with Crippen LogP contribution in [-0.2, 0) is 46.6 Å². The second-order valence-electron chi connectivity index (χ2n) is 18.3. The molecule has 4 aromatic rings. The number of nitrogens with zero attached hydrogens (tertiary/aromatic N) is 6. The van der Waals surface area contributed by atoms with E-state index < -0.39 is 17.7 Å². The summed E-state index contributed by atoms with van der Waals surface area (Å²) in [5.74, 6) is -1.84. The first kappa shape index (κ1) is 50.1. The number of hydrogen-bond donors (Lipinski definition) is 2.